The van der Waals surface area contributed by atoms with Crippen molar-refractivity contribution in [1.29, 1.82) is 0 Å². The normalized spacial score (nSPS) is 15.7. The number of benzene rings is 2. The fourth-order valence-electron chi connectivity index (χ4n) is 3.81. The molecule has 1 amide bonds. The third-order valence-corrected chi connectivity index (χ3v) is 5.37. The highest BCUT2D eigenvalue weighted by Gasteiger charge is 2.25. The molecule has 1 atom stereocenters. The van der Waals surface area contributed by atoms with Crippen molar-refractivity contribution in [3.63, 3.8) is 0 Å². The number of aliphatic imine (C=N–C) groups is 1. The molecule has 8 heteroatoms. The first-order valence-corrected chi connectivity index (χ1v) is 11.2. The summed E-state index contributed by atoms with van der Waals surface area (Å²) in [6.07, 6.45) is 1.09. The van der Waals surface area contributed by atoms with Crippen molar-refractivity contribution in [2.45, 2.75) is 33.4 Å². The molecule has 0 bridgehead atoms. The van der Waals surface area contributed by atoms with Gasteiger partial charge in [0.2, 0.25) is 5.91 Å². The predicted octanol–water partition coefficient (Wildman–Crippen LogP) is 4.28. The van der Waals surface area contributed by atoms with Gasteiger partial charge in [-0.25, -0.2) is 4.99 Å². The highest BCUT2D eigenvalue weighted by Crippen LogP contribution is 2.26. The smallest absolute Gasteiger partial charge is 0.221 e. The van der Waals surface area contributed by atoms with Gasteiger partial charge in [0, 0.05) is 32.5 Å². The molecule has 33 heavy (non-hydrogen) atoms. The third-order valence-electron chi connectivity index (χ3n) is 5.37. The maximum atomic E-state index is 11.5. The van der Waals surface area contributed by atoms with E-state index in [-0.39, 0.29) is 29.9 Å². The number of ether oxygens (including phenoxy) is 2. The van der Waals surface area contributed by atoms with Gasteiger partial charge >= 0.3 is 0 Å². The molecule has 0 saturated carbocycles. The maximum Gasteiger partial charge on any atom is 0.221 e. The summed E-state index contributed by atoms with van der Waals surface area (Å²) in [6, 6.07) is 16.0. The number of carbonyl (C=O) groups excluding carboxylic acids is 1. The van der Waals surface area contributed by atoms with E-state index in [2.05, 4.69) is 34.6 Å². The van der Waals surface area contributed by atoms with Gasteiger partial charge in [0.1, 0.15) is 5.75 Å². The quantitative estimate of drug-likeness (QED) is 0.270. The highest BCUT2D eigenvalue weighted by molar-refractivity contribution is 14.0. The number of amides is 1. The van der Waals surface area contributed by atoms with Crippen LogP contribution < -0.4 is 15.4 Å². The fraction of sp³-hybridized carbons (Fsp3) is 0.440. The Bertz CT molecular complexity index is 908. The largest absolute Gasteiger partial charge is 0.495 e. The third kappa shape index (κ3) is 8.51. The van der Waals surface area contributed by atoms with Gasteiger partial charge in [0.05, 0.1) is 32.6 Å². The SMILES string of the molecule is CCNC(=NCc1ccc(OC)c(NC(C)=O)c1)N1CCC(COCc2ccccc2)C1.I. The first-order chi connectivity index (χ1) is 15.6. The van der Waals surface area contributed by atoms with E-state index in [1.54, 1.807) is 7.11 Å². The van der Waals surface area contributed by atoms with Crippen LogP contribution in [0.4, 0.5) is 5.69 Å². The summed E-state index contributed by atoms with van der Waals surface area (Å²) in [5, 5.41) is 6.22. The summed E-state index contributed by atoms with van der Waals surface area (Å²) < 4.78 is 11.3. The summed E-state index contributed by atoms with van der Waals surface area (Å²) in [7, 11) is 1.59. The van der Waals surface area contributed by atoms with Crippen molar-refractivity contribution < 1.29 is 14.3 Å². The molecule has 0 aliphatic carbocycles. The average Bonchev–Trinajstić information content (AvgIpc) is 3.26. The van der Waals surface area contributed by atoms with Crippen molar-refractivity contribution >= 4 is 41.5 Å². The minimum Gasteiger partial charge on any atom is -0.495 e. The number of anilines is 1. The summed E-state index contributed by atoms with van der Waals surface area (Å²) >= 11 is 0. The van der Waals surface area contributed by atoms with Gasteiger partial charge in [-0.05, 0) is 36.6 Å². The Morgan fingerprint density at radius 2 is 1.97 bits per heavy atom. The molecule has 7 nitrogen and oxygen atoms in total. The lowest BCUT2D eigenvalue weighted by molar-refractivity contribution is -0.114. The number of nitrogens with one attached hydrogen (secondary N) is 2. The Hall–Kier alpha value is -2.33. The lowest BCUT2D eigenvalue weighted by atomic mass is 10.1. The number of likely N-dealkylation sites (tertiary alicyclic amines) is 1. The van der Waals surface area contributed by atoms with E-state index in [4.69, 9.17) is 14.5 Å². The van der Waals surface area contributed by atoms with E-state index >= 15 is 0 Å². The number of hydrogen-bond acceptors (Lipinski definition) is 4. The predicted molar refractivity (Wildman–Crippen MR) is 143 cm³/mol. The second kappa shape index (κ2) is 14.0. The Morgan fingerprint density at radius 3 is 2.67 bits per heavy atom. The fourth-order valence-corrected chi connectivity index (χ4v) is 3.81. The van der Waals surface area contributed by atoms with Crippen LogP contribution in [0, 0.1) is 5.92 Å². The molecule has 2 aromatic rings. The van der Waals surface area contributed by atoms with Gasteiger partial charge in [0.25, 0.3) is 0 Å². The van der Waals surface area contributed by atoms with E-state index in [1.165, 1.54) is 12.5 Å². The second-order valence-corrected chi connectivity index (χ2v) is 7.99. The van der Waals surface area contributed by atoms with E-state index in [0.29, 0.717) is 30.5 Å². The van der Waals surface area contributed by atoms with Crippen LogP contribution in [-0.2, 0) is 22.7 Å². The summed E-state index contributed by atoms with van der Waals surface area (Å²) in [5.41, 5.74) is 2.87. The van der Waals surface area contributed by atoms with E-state index in [1.807, 2.05) is 36.4 Å². The van der Waals surface area contributed by atoms with E-state index < -0.39 is 0 Å². The van der Waals surface area contributed by atoms with Crippen LogP contribution in [-0.4, -0.2) is 50.1 Å². The van der Waals surface area contributed by atoms with Gasteiger partial charge in [-0.1, -0.05) is 36.4 Å². The van der Waals surface area contributed by atoms with Crippen molar-refractivity contribution in [2.24, 2.45) is 10.9 Å². The van der Waals surface area contributed by atoms with Crippen LogP contribution in [0.1, 0.15) is 31.4 Å². The van der Waals surface area contributed by atoms with Crippen LogP contribution in [0.15, 0.2) is 53.5 Å². The zero-order chi connectivity index (χ0) is 22.8. The number of carbonyl (C=O) groups is 1. The second-order valence-electron chi connectivity index (χ2n) is 7.99. The van der Waals surface area contributed by atoms with Crippen LogP contribution in [0.25, 0.3) is 0 Å². The van der Waals surface area contributed by atoms with Crippen LogP contribution >= 0.6 is 24.0 Å². The molecule has 1 saturated heterocycles. The molecule has 1 fully saturated rings. The van der Waals surface area contributed by atoms with Gasteiger partial charge in [-0.3, -0.25) is 4.79 Å². The number of hydrogen-bond donors (Lipinski definition) is 2. The average molecular weight is 566 g/mol. The number of guanidine groups is 1. The molecule has 0 radical (unpaired) electrons. The molecule has 1 aliphatic rings. The molecule has 1 aliphatic heterocycles. The molecule has 2 aromatic carbocycles. The van der Waals surface area contributed by atoms with Crippen LogP contribution in [0.5, 0.6) is 5.75 Å². The first kappa shape index (κ1) is 26.9. The molecule has 2 N–H and O–H groups in total. The Balaban J connectivity index is 0.00000385. The van der Waals surface area contributed by atoms with Crippen molar-refractivity contribution in [3.05, 3.63) is 59.7 Å². The summed E-state index contributed by atoms with van der Waals surface area (Å²) in [5.74, 6) is 1.91. The standard InChI is InChI=1S/C25H34N4O3.HI/c1-4-26-25(27-15-21-10-11-24(31-3)23(14-21)28-19(2)30)29-13-12-22(16-29)18-32-17-20-8-6-5-7-9-20;/h5-11,14,22H,4,12-13,15-18H2,1-3H3,(H,26,27)(H,28,30);1H. The van der Waals surface area contributed by atoms with Crippen LogP contribution in [0.3, 0.4) is 0 Å². The zero-order valence-corrected chi connectivity index (χ0v) is 22.0. The number of rotatable bonds is 9. The monoisotopic (exact) mass is 566 g/mol. The van der Waals surface area contributed by atoms with E-state index in [0.717, 1.165) is 44.2 Å². The highest BCUT2D eigenvalue weighted by atomic mass is 127. The van der Waals surface area contributed by atoms with Crippen molar-refractivity contribution in [3.8, 4) is 5.75 Å². The number of nitrogens with zero attached hydrogens (tertiary/aromatic N) is 2. The van der Waals surface area contributed by atoms with Crippen molar-refractivity contribution in [2.75, 3.05) is 38.7 Å². The lowest BCUT2D eigenvalue weighted by Crippen LogP contribution is -2.40. The Morgan fingerprint density at radius 1 is 1.18 bits per heavy atom. The molecule has 0 spiro atoms. The first-order valence-electron chi connectivity index (χ1n) is 11.2. The topological polar surface area (TPSA) is 75.2 Å². The van der Waals surface area contributed by atoms with Gasteiger partial charge in [-0.15, -0.1) is 24.0 Å². The molecule has 1 unspecified atom stereocenters. The molecular formula is C25H35IN4O3. The van der Waals surface area contributed by atoms with Gasteiger partial charge in [-0.2, -0.15) is 0 Å². The summed E-state index contributed by atoms with van der Waals surface area (Å²) in [6.45, 7) is 8.19. The molecule has 1 heterocycles. The lowest BCUT2D eigenvalue weighted by Gasteiger charge is -2.22. The zero-order valence-electron chi connectivity index (χ0n) is 19.7. The minimum absolute atomic E-state index is 0. The van der Waals surface area contributed by atoms with Gasteiger partial charge in [0.15, 0.2) is 5.96 Å². The molecule has 3 rings (SSSR count). The molecule has 180 valence electrons. The van der Waals surface area contributed by atoms with Crippen LogP contribution in [0.2, 0.25) is 0 Å². The minimum atomic E-state index is -0.130. The van der Waals surface area contributed by atoms with Crippen molar-refractivity contribution in [1.82, 2.24) is 10.2 Å². The molecule has 0 aromatic heterocycles. The van der Waals surface area contributed by atoms with E-state index in [9.17, 15) is 4.79 Å². The Kier molecular flexibility index (Phi) is 11.5. The maximum absolute atomic E-state index is 11.5. The summed E-state index contributed by atoms with van der Waals surface area (Å²) in [4.78, 5) is 18.6. The van der Waals surface area contributed by atoms with Gasteiger partial charge < -0.3 is 25.0 Å². The molecular weight excluding hydrogens is 531 g/mol. The number of halogens is 1. The number of methoxy groups -OCH3 is 1. The Labute approximate surface area is 214 Å².